The van der Waals surface area contributed by atoms with E-state index in [4.69, 9.17) is 4.74 Å². The highest BCUT2D eigenvalue weighted by molar-refractivity contribution is 6.10. The van der Waals surface area contributed by atoms with Gasteiger partial charge in [0, 0.05) is 12.2 Å². The van der Waals surface area contributed by atoms with Gasteiger partial charge in [0.15, 0.2) is 0 Å². The molecule has 0 fully saturated rings. The van der Waals surface area contributed by atoms with Crippen LogP contribution in [0.1, 0.15) is 45.7 Å². The lowest BCUT2D eigenvalue weighted by Gasteiger charge is -2.26. The number of ether oxygens (including phenoxy) is 1. The predicted molar refractivity (Wildman–Crippen MR) is 117 cm³/mol. The molecule has 0 aromatic heterocycles. The van der Waals surface area contributed by atoms with E-state index in [0.29, 0.717) is 13.0 Å². The van der Waals surface area contributed by atoms with Gasteiger partial charge in [-0.3, -0.25) is 9.59 Å². The average molecular weight is 397 g/mol. The molecule has 2 N–H and O–H groups in total. The summed E-state index contributed by atoms with van der Waals surface area (Å²) in [6.07, 6.45) is 0.681. The largest absolute Gasteiger partial charge is 0.497 e. The number of amides is 2. The topological polar surface area (TPSA) is 67.4 Å². The Bertz CT molecular complexity index is 849. The van der Waals surface area contributed by atoms with Crippen LogP contribution in [-0.2, 0) is 21.4 Å². The monoisotopic (exact) mass is 396 g/mol. The Labute approximate surface area is 173 Å². The minimum atomic E-state index is -1.19. The van der Waals surface area contributed by atoms with E-state index in [1.807, 2.05) is 48.5 Å². The predicted octanol–water partition coefficient (Wildman–Crippen LogP) is 4.32. The van der Waals surface area contributed by atoms with Crippen molar-refractivity contribution in [3.63, 3.8) is 0 Å². The van der Waals surface area contributed by atoms with Crippen molar-refractivity contribution >= 4 is 17.5 Å². The average Bonchev–Trinajstić information content (AvgIpc) is 2.68. The van der Waals surface area contributed by atoms with Crippen molar-refractivity contribution < 1.29 is 14.3 Å². The molecule has 0 heterocycles. The second-order valence-electron chi connectivity index (χ2n) is 8.73. The zero-order chi connectivity index (χ0) is 21.7. The first-order valence-electron chi connectivity index (χ1n) is 9.88. The Kier molecular flexibility index (Phi) is 7.07. The molecule has 2 rings (SSSR count). The van der Waals surface area contributed by atoms with Gasteiger partial charge in [0.05, 0.1) is 7.11 Å². The molecule has 0 radical (unpaired) electrons. The van der Waals surface area contributed by atoms with Crippen molar-refractivity contribution in [2.45, 2.75) is 46.5 Å². The lowest BCUT2D eigenvalue weighted by atomic mass is 9.85. The Morgan fingerprint density at radius 1 is 0.897 bits per heavy atom. The third-order valence-electron chi connectivity index (χ3n) is 4.98. The van der Waals surface area contributed by atoms with E-state index in [-0.39, 0.29) is 17.2 Å². The lowest BCUT2D eigenvalue weighted by Crippen LogP contribution is -2.45. The Morgan fingerprint density at radius 2 is 1.52 bits per heavy atom. The molecule has 0 saturated heterocycles. The molecule has 29 heavy (non-hydrogen) atoms. The van der Waals surface area contributed by atoms with Gasteiger partial charge < -0.3 is 15.4 Å². The number of para-hydroxylation sites is 1. The first kappa shape index (κ1) is 22.5. The number of nitrogens with one attached hydrogen (secondary N) is 2. The summed E-state index contributed by atoms with van der Waals surface area (Å²) in [7, 11) is 1.63. The maximum absolute atomic E-state index is 12.9. The normalized spacial score (nSPS) is 11.7. The summed E-state index contributed by atoms with van der Waals surface area (Å²) >= 11 is 0. The summed E-state index contributed by atoms with van der Waals surface area (Å²) in [5.74, 6) is 0.180. The zero-order valence-electron chi connectivity index (χ0n) is 18.3. The second-order valence-corrected chi connectivity index (χ2v) is 8.73. The summed E-state index contributed by atoms with van der Waals surface area (Å²) in [4.78, 5) is 25.5. The summed E-state index contributed by atoms with van der Waals surface area (Å²) in [6, 6.07) is 15.4. The van der Waals surface area contributed by atoms with Gasteiger partial charge in [-0.1, -0.05) is 51.1 Å². The maximum atomic E-state index is 12.9. The van der Waals surface area contributed by atoms with Crippen molar-refractivity contribution in [1.29, 1.82) is 0 Å². The van der Waals surface area contributed by atoms with Crippen molar-refractivity contribution in [2.24, 2.45) is 5.41 Å². The van der Waals surface area contributed by atoms with Crippen LogP contribution in [0.3, 0.4) is 0 Å². The van der Waals surface area contributed by atoms with E-state index in [1.54, 1.807) is 21.0 Å². The number of anilines is 1. The molecule has 0 saturated carbocycles. The molecule has 2 amide bonds. The van der Waals surface area contributed by atoms with Crippen molar-refractivity contribution in [2.75, 3.05) is 19.0 Å². The van der Waals surface area contributed by atoms with E-state index in [0.717, 1.165) is 22.6 Å². The van der Waals surface area contributed by atoms with Crippen molar-refractivity contribution in [3.8, 4) is 5.75 Å². The van der Waals surface area contributed by atoms with Gasteiger partial charge in [-0.15, -0.1) is 0 Å². The van der Waals surface area contributed by atoms with Crippen LogP contribution in [0.4, 0.5) is 5.69 Å². The highest BCUT2D eigenvalue weighted by Gasteiger charge is 2.36. The Hall–Kier alpha value is -2.82. The molecule has 5 nitrogen and oxygen atoms in total. The third kappa shape index (κ3) is 5.83. The number of carbonyl (C=O) groups excluding carboxylic acids is 2. The van der Waals surface area contributed by atoms with Crippen LogP contribution >= 0.6 is 0 Å². The Balaban J connectivity index is 1.98. The van der Waals surface area contributed by atoms with Crippen LogP contribution in [0, 0.1) is 5.41 Å². The molecule has 0 aliphatic rings. The standard InChI is InChI=1S/C24H32N2O3/c1-23(2,3)19-9-7-8-10-20(19)26-22(28)24(4,5)21(27)25-16-15-17-11-13-18(29-6)14-12-17/h7-14H,15-16H2,1-6H3,(H,25,27)(H,26,28). The van der Waals surface area contributed by atoms with Crippen molar-refractivity contribution in [3.05, 3.63) is 59.7 Å². The summed E-state index contributed by atoms with van der Waals surface area (Å²) in [5, 5.41) is 5.83. The molecule has 2 aromatic carbocycles. The van der Waals surface area contributed by atoms with Crippen LogP contribution < -0.4 is 15.4 Å². The molecule has 0 spiro atoms. The number of hydrogen-bond acceptors (Lipinski definition) is 3. The second kappa shape index (κ2) is 9.12. The van der Waals surface area contributed by atoms with Gasteiger partial charge in [-0.2, -0.15) is 0 Å². The van der Waals surface area contributed by atoms with Crippen LogP contribution in [-0.4, -0.2) is 25.5 Å². The van der Waals surface area contributed by atoms with Gasteiger partial charge in [-0.05, 0) is 55.0 Å². The maximum Gasteiger partial charge on any atom is 0.239 e. The molecule has 0 unspecified atom stereocenters. The molecule has 0 aliphatic heterocycles. The number of carbonyl (C=O) groups is 2. The smallest absolute Gasteiger partial charge is 0.239 e. The Morgan fingerprint density at radius 3 is 2.10 bits per heavy atom. The van der Waals surface area contributed by atoms with Crippen LogP contribution in [0.15, 0.2) is 48.5 Å². The molecular formula is C24H32N2O3. The van der Waals surface area contributed by atoms with E-state index in [1.165, 1.54) is 0 Å². The lowest BCUT2D eigenvalue weighted by molar-refractivity contribution is -0.138. The number of methoxy groups -OCH3 is 1. The highest BCUT2D eigenvalue weighted by atomic mass is 16.5. The van der Waals surface area contributed by atoms with E-state index >= 15 is 0 Å². The molecular weight excluding hydrogens is 364 g/mol. The van der Waals surface area contributed by atoms with E-state index < -0.39 is 5.41 Å². The van der Waals surface area contributed by atoms with Gasteiger partial charge >= 0.3 is 0 Å². The first-order valence-corrected chi connectivity index (χ1v) is 9.88. The zero-order valence-corrected chi connectivity index (χ0v) is 18.3. The summed E-state index contributed by atoms with van der Waals surface area (Å²) < 4.78 is 5.15. The number of rotatable bonds is 7. The summed E-state index contributed by atoms with van der Waals surface area (Å²) in [6.45, 7) is 10.0. The van der Waals surface area contributed by atoms with Crippen LogP contribution in [0.2, 0.25) is 0 Å². The van der Waals surface area contributed by atoms with E-state index in [9.17, 15) is 9.59 Å². The highest BCUT2D eigenvalue weighted by Crippen LogP contribution is 2.30. The van der Waals surface area contributed by atoms with Gasteiger partial charge in [0.1, 0.15) is 11.2 Å². The van der Waals surface area contributed by atoms with Crippen LogP contribution in [0.5, 0.6) is 5.75 Å². The van der Waals surface area contributed by atoms with Crippen LogP contribution in [0.25, 0.3) is 0 Å². The van der Waals surface area contributed by atoms with Gasteiger partial charge in [0.2, 0.25) is 11.8 Å². The molecule has 0 atom stereocenters. The van der Waals surface area contributed by atoms with E-state index in [2.05, 4.69) is 31.4 Å². The molecule has 0 aliphatic carbocycles. The molecule has 0 bridgehead atoms. The minimum Gasteiger partial charge on any atom is -0.497 e. The minimum absolute atomic E-state index is 0.116. The number of hydrogen-bond donors (Lipinski definition) is 2. The fourth-order valence-corrected chi connectivity index (χ4v) is 2.96. The van der Waals surface area contributed by atoms with Gasteiger partial charge in [-0.25, -0.2) is 0 Å². The SMILES string of the molecule is COc1ccc(CCNC(=O)C(C)(C)C(=O)Nc2ccccc2C(C)(C)C)cc1. The first-order chi connectivity index (χ1) is 13.6. The van der Waals surface area contributed by atoms with Gasteiger partial charge in [0.25, 0.3) is 0 Å². The molecule has 156 valence electrons. The van der Waals surface area contributed by atoms with Crippen molar-refractivity contribution in [1.82, 2.24) is 5.32 Å². The fraction of sp³-hybridized carbons (Fsp3) is 0.417. The fourth-order valence-electron chi connectivity index (χ4n) is 2.96. The molecule has 5 heteroatoms. The number of benzene rings is 2. The third-order valence-corrected chi connectivity index (χ3v) is 4.98. The summed E-state index contributed by atoms with van der Waals surface area (Å²) in [5.41, 5.74) is 1.56. The quantitative estimate of drug-likeness (QED) is 0.685. The molecule has 2 aromatic rings.